The normalized spacial score (nSPS) is 12.1. The molecule has 1 N–H and O–H groups in total. The van der Waals surface area contributed by atoms with Crippen molar-refractivity contribution in [2.24, 2.45) is 0 Å². The lowest BCUT2D eigenvalue weighted by molar-refractivity contribution is 0.860. The summed E-state index contributed by atoms with van der Waals surface area (Å²) in [5, 5.41) is 3.41. The van der Waals surface area contributed by atoms with Crippen LogP contribution in [0.25, 0.3) is 0 Å². The minimum absolute atomic E-state index is 0.451. The van der Waals surface area contributed by atoms with E-state index >= 15 is 0 Å². The van der Waals surface area contributed by atoms with Gasteiger partial charge in [-0.05, 0) is 30.0 Å². The molecule has 0 aliphatic rings. The molecule has 0 atom stereocenters. The maximum absolute atomic E-state index is 4.44. The maximum atomic E-state index is 4.44. The van der Waals surface area contributed by atoms with Crippen LogP contribution in [0.4, 0.5) is 5.82 Å². The first-order chi connectivity index (χ1) is 9.19. The van der Waals surface area contributed by atoms with E-state index in [1.165, 1.54) is 5.56 Å². The van der Waals surface area contributed by atoms with Gasteiger partial charge in [0.2, 0.25) is 0 Å². The molecule has 0 amide bonds. The third-order valence-electron chi connectivity index (χ3n) is 2.79. The molecule has 0 fully saturated rings. The van der Waals surface area contributed by atoms with Crippen molar-refractivity contribution in [1.29, 1.82) is 0 Å². The van der Waals surface area contributed by atoms with Crippen LogP contribution in [-0.2, 0) is 0 Å². The summed E-state index contributed by atoms with van der Waals surface area (Å²) in [4.78, 5) is 4.44. The second kappa shape index (κ2) is 8.30. The number of rotatable bonds is 7. The van der Waals surface area contributed by atoms with E-state index in [9.17, 15) is 0 Å². The molecular formula is C17H24N2. The predicted molar refractivity (Wildman–Crippen MR) is 84.3 cm³/mol. The lowest BCUT2D eigenvalue weighted by Crippen LogP contribution is -2.04. The molecule has 0 aromatic carbocycles. The van der Waals surface area contributed by atoms with Crippen molar-refractivity contribution in [3.63, 3.8) is 0 Å². The summed E-state index contributed by atoms with van der Waals surface area (Å²) < 4.78 is 0. The minimum atomic E-state index is 0.451. The Morgan fingerprint density at radius 1 is 1.47 bits per heavy atom. The third-order valence-corrected chi connectivity index (χ3v) is 2.79. The van der Waals surface area contributed by atoms with Gasteiger partial charge in [-0.15, -0.1) is 0 Å². The number of unbranched alkanes of at least 4 members (excludes halogenated alkanes) is 1. The predicted octanol–water partition coefficient (Wildman–Crippen LogP) is 5.04. The standard InChI is InChI=1S/C17H24N2/c1-5-7-10-15(11-8-6-2)19-17-16(14(3)4)12-9-13-18-17/h5,7,9-14H,1,6,8H2,2-4H3,(H,18,19)/b10-7-,15-11+. The zero-order valence-corrected chi connectivity index (χ0v) is 12.2. The number of nitrogens with zero attached hydrogens (tertiary/aromatic N) is 1. The second-order valence-electron chi connectivity index (χ2n) is 4.76. The molecule has 1 aromatic rings. The van der Waals surface area contributed by atoms with Gasteiger partial charge in [0.1, 0.15) is 5.82 Å². The molecule has 19 heavy (non-hydrogen) atoms. The Morgan fingerprint density at radius 3 is 2.89 bits per heavy atom. The van der Waals surface area contributed by atoms with Crippen LogP contribution in [0.2, 0.25) is 0 Å². The van der Waals surface area contributed by atoms with Crippen molar-refractivity contribution < 1.29 is 0 Å². The highest BCUT2D eigenvalue weighted by Gasteiger charge is 2.07. The average molecular weight is 256 g/mol. The highest BCUT2D eigenvalue weighted by molar-refractivity contribution is 5.52. The number of hydrogen-bond donors (Lipinski definition) is 1. The molecule has 1 aromatic heterocycles. The number of allylic oxidation sites excluding steroid dienone is 4. The fourth-order valence-electron chi connectivity index (χ4n) is 1.76. The Morgan fingerprint density at radius 2 is 2.26 bits per heavy atom. The molecule has 0 unspecified atom stereocenters. The van der Waals surface area contributed by atoms with E-state index in [-0.39, 0.29) is 0 Å². The van der Waals surface area contributed by atoms with E-state index in [1.807, 2.05) is 24.4 Å². The summed E-state index contributed by atoms with van der Waals surface area (Å²) in [6.45, 7) is 10.2. The van der Waals surface area contributed by atoms with Crippen molar-refractivity contribution in [3.05, 3.63) is 60.5 Å². The number of hydrogen-bond acceptors (Lipinski definition) is 2. The summed E-state index contributed by atoms with van der Waals surface area (Å²) in [7, 11) is 0. The van der Waals surface area contributed by atoms with Gasteiger partial charge < -0.3 is 5.32 Å². The number of pyridine rings is 1. The summed E-state index contributed by atoms with van der Waals surface area (Å²) in [6.07, 6.45) is 11.9. The molecule has 2 nitrogen and oxygen atoms in total. The fraction of sp³-hybridized carbons (Fsp3) is 0.353. The van der Waals surface area contributed by atoms with Crippen molar-refractivity contribution in [3.8, 4) is 0 Å². The van der Waals surface area contributed by atoms with E-state index in [4.69, 9.17) is 0 Å². The number of anilines is 1. The van der Waals surface area contributed by atoms with Gasteiger partial charge in [-0.2, -0.15) is 0 Å². The van der Waals surface area contributed by atoms with Crippen LogP contribution in [0, 0.1) is 0 Å². The van der Waals surface area contributed by atoms with E-state index in [0.717, 1.165) is 24.4 Å². The third kappa shape index (κ3) is 5.12. The van der Waals surface area contributed by atoms with Gasteiger partial charge in [-0.1, -0.05) is 58.1 Å². The number of nitrogens with one attached hydrogen (secondary N) is 1. The molecule has 0 saturated carbocycles. The first kappa shape index (κ1) is 15.2. The van der Waals surface area contributed by atoms with Crippen LogP contribution < -0.4 is 5.32 Å². The maximum Gasteiger partial charge on any atom is 0.133 e. The van der Waals surface area contributed by atoms with Crippen molar-refractivity contribution >= 4 is 5.82 Å². The van der Waals surface area contributed by atoms with Crippen LogP contribution in [0.3, 0.4) is 0 Å². The Kier molecular flexibility index (Phi) is 6.65. The Hall–Kier alpha value is -1.83. The van der Waals surface area contributed by atoms with Crippen LogP contribution in [0.1, 0.15) is 45.1 Å². The van der Waals surface area contributed by atoms with Crippen LogP contribution in [0.15, 0.2) is 54.9 Å². The summed E-state index contributed by atoms with van der Waals surface area (Å²) in [6, 6.07) is 4.10. The molecule has 0 aliphatic heterocycles. The van der Waals surface area contributed by atoms with Gasteiger partial charge in [0.25, 0.3) is 0 Å². The summed E-state index contributed by atoms with van der Waals surface area (Å²) >= 11 is 0. The van der Waals surface area contributed by atoms with Gasteiger partial charge in [0, 0.05) is 11.9 Å². The molecule has 102 valence electrons. The molecule has 0 saturated heterocycles. The van der Waals surface area contributed by atoms with E-state index < -0.39 is 0 Å². The van der Waals surface area contributed by atoms with Gasteiger partial charge in [-0.3, -0.25) is 0 Å². The topological polar surface area (TPSA) is 24.9 Å². The first-order valence-corrected chi connectivity index (χ1v) is 6.90. The lowest BCUT2D eigenvalue weighted by atomic mass is 10.0. The minimum Gasteiger partial charge on any atom is -0.340 e. The lowest BCUT2D eigenvalue weighted by Gasteiger charge is -2.14. The molecule has 0 bridgehead atoms. The summed E-state index contributed by atoms with van der Waals surface area (Å²) in [5.74, 6) is 1.39. The van der Waals surface area contributed by atoms with Gasteiger partial charge in [0.15, 0.2) is 0 Å². The van der Waals surface area contributed by atoms with Gasteiger partial charge >= 0.3 is 0 Å². The molecular weight excluding hydrogens is 232 g/mol. The van der Waals surface area contributed by atoms with Crippen LogP contribution >= 0.6 is 0 Å². The second-order valence-corrected chi connectivity index (χ2v) is 4.76. The number of aromatic nitrogens is 1. The monoisotopic (exact) mass is 256 g/mol. The molecule has 1 heterocycles. The average Bonchev–Trinajstić information content (AvgIpc) is 2.42. The zero-order chi connectivity index (χ0) is 14.1. The van der Waals surface area contributed by atoms with E-state index in [2.05, 4.69) is 49.8 Å². The van der Waals surface area contributed by atoms with Crippen LogP contribution in [0.5, 0.6) is 0 Å². The molecule has 1 rings (SSSR count). The summed E-state index contributed by atoms with van der Waals surface area (Å²) in [5.41, 5.74) is 2.30. The molecule has 0 radical (unpaired) electrons. The molecule has 0 spiro atoms. The Bertz CT molecular complexity index is 456. The van der Waals surface area contributed by atoms with Crippen molar-refractivity contribution in [2.45, 2.75) is 39.5 Å². The van der Waals surface area contributed by atoms with E-state index in [1.54, 1.807) is 6.08 Å². The zero-order valence-electron chi connectivity index (χ0n) is 12.2. The first-order valence-electron chi connectivity index (χ1n) is 6.90. The van der Waals surface area contributed by atoms with Crippen molar-refractivity contribution in [1.82, 2.24) is 4.98 Å². The molecule has 0 aliphatic carbocycles. The highest BCUT2D eigenvalue weighted by atomic mass is 15.0. The van der Waals surface area contributed by atoms with Gasteiger partial charge in [-0.25, -0.2) is 4.98 Å². The fourth-order valence-corrected chi connectivity index (χ4v) is 1.76. The largest absolute Gasteiger partial charge is 0.340 e. The molecule has 2 heteroatoms. The van der Waals surface area contributed by atoms with Crippen LogP contribution in [-0.4, -0.2) is 4.98 Å². The van der Waals surface area contributed by atoms with E-state index in [0.29, 0.717) is 5.92 Å². The quantitative estimate of drug-likeness (QED) is 0.691. The van der Waals surface area contributed by atoms with Crippen molar-refractivity contribution in [2.75, 3.05) is 5.32 Å². The van der Waals surface area contributed by atoms with Gasteiger partial charge in [0.05, 0.1) is 0 Å². The Balaban J connectivity index is 2.96. The SMILES string of the molecule is C=C/C=C\C(=C/CCC)Nc1ncccc1C(C)C. The highest BCUT2D eigenvalue weighted by Crippen LogP contribution is 2.22. The Labute approximate surface area is 117 Å². The smallest absolute Gasteiger partial charge is 0.133 e.